The van der Waals surface area contributed by atoms with Crippen LogP contribution < -0.4 is 14.2 Å². The van der Waals surface area contributed by atoms with Crippen LogP contribution in [0, 0.1) is 5.82 Å². The van der Waals surface area contributed by atoms with E-state index in [2.05, 4.69) is 0 Å². The van der Waals surface area contributed by atoms with E-state index in [0.717, 1.165) is 0 Å². The van der Waals surface area contributed by atoms with Crippen LogP contribution in [-0.4, -0.2) is 14.2 Å². The first-order valence-electron chi connectivity index (χ1n) is 5.93. The van der Waals surface area contributed by atoms with Crippen molar-refractivity contribution in [1.82, 2.24) is 0 Å². The van der Waals surface area contributed by atoms with Crippen molar-refractivity contribution in [2.24, 2.45) is 0 Å². The Hall–Kier alpha value is -1.94. The van der Waals surface area contributed by atoms with Crippen LogP contribution in [0.1, 0.15) is 5.56 Å². The van der Waals surface area contributed by atoms with Gasteiger partial charge in [0.1, 0.15) is 18.2 Å². The van der Waals surface area contributed by atoms with Crippen LogP contribution in [0.4, 0.5) is 4.39 Å². The minimum atomic E-state index is -0.378. The van der Waals surface area contributed by atoms with Gasteiger partial charge in [-0.3, -0.25) is 0 Å². The van der Waals surface area contributed by atoms with Crippen molar-refractivity contribution >= 4 is 11.6 Å². The Morgan fingerprint density at radius 1 is 1.00 bits per heavy atom. The third-order valence-corrected chi connectivity index (χ3v) is 3.03. The Balaban J connectivity index is 2.21. The van der Waals surface area contributed by atoms with E-state index in [0.29, 0.717) is 27.8 Å². The molecule has 0 atom stereocenters. The van der Waals surface area contributed by atoms with Gasteiger partial charge in [0.15, 0.2) is 11.5 Å². The Morgan fingerprint density at radius 2 is 1.75 bits per heavy atom. The summed E-state index contributed by atoms with van der Waals surface area (Å²) in [7, 11) is 3.00. The van der Waals surface area contributed by atoms with Crippen LogP contribution >= 0.6 is 11.6 Å². The maximum Gasteiger partial charge on any atom is 0.162 e. The highest BCUT2D eigenvalue weighted by Gasteiger charge is 2.11. The van der Waals surface area contributed by atoms with Gasteiger partial charge in [-0.25, -0.2) is 4.39 Å². The van der Waals surface area contributed by atoms with E-state index in [4.69, 9.17) is 25.8 Å². The summed E-state index contributed by atoms with van der Waals surface area (Å²) in [5, 5.41) is 0.540. The third kappa shape index (κ3) is 3.14. The lowest BCUT2D eigenvalue weighted by Gasteiger charge is -2.13. The number of ether oxygens (including phenoxy) is 3. The maximum atomic E-state index is 13.8. The fourth-order valence-electron chi connectivity index (χ4n) is 1.78. The summed E-state index contributed by atoms with van der Waals surface area (Å²) in [6.45, 7) is 0.0356. The summed E-state index contributed by atoms with van der Waals surface area (Å²) in [5.74, 6) is 1.05. The summed E-state index contributed by atoms with van der Waals surface area (Å²) in [5.41, 5.74) is 0.354. The Bertz CT molecular complexity index is 602. The van der Waals surface area contributed by atoms with E-state index >= 15 is 0 Å². The molecule has 3 nitrogen and oxygen atoms in total. The average molecular weight is 297 g/mol. The van der Waals surface area contributed by atoms with Gasteiger partial charge in [-0.05, 0) is 24.3 Å². The molecule has 0 radical (unpaired) electrons. The van der Waals surface area contributed by atoms with E-state index in [1.54, 1.807) is 30.3 Å². The zero-order chi connectivity index (χ0) is 14.5. The van der Waals surface area contributed by atoms with E-state index in [1.165, 1.54) is 20.3 Å². The van der Waals surface area contributed by atoms with Gasteiger partial charge in [0, 0.05) is 11.1 Å². The molecule has 0 aliphatic heterocycles. The molecular formula is C15H14ClFO3. The zero-order valence-corrected chi connectivity index (χ0v) is 11.9. The Labute approximate surface area is 121 Å². The minimum absolute atomic E-state index is 0.0356. The van der Waals surface area contributed by atoms with E-state index in [1.807, 2.05) is 0 Å². The third-order valence-electron chi connectivity index (χ3n) is 2.79. The summed E-state index contributed by atoms with van der Waals surface area (Å²) >= 11 is 5.87. The molecular weight excluding hydrogens is 283 g/mol. The molecule has 0 aromatic heterocycles. The zero-order valence-electron chi connectivity index (χ0n) is 11.2. The van der Waals surface area contributed by atoms with Crippen molar-refractivity contribution in [2.75, 3.05) is 14.2 Å². The number of benzene rings is 2. The molecule has 0 fully saturated rings. The summed E-state index contributed by atoms with van der Waals surface area (Å²) in [6.07, 6.45) is 0. The number of methoxy groups -OCH3 is 2. The SMILES string of the molecule is COc1cc(Cl)ccc1OCc1c(F)cccc1OC. The first kappa shape index (κ1) is 14.5. The molecule has 0 saturated carbocycles. The van der Waals surface area contributed by atoms with Crippen LogP contribution in [0.5, 0.6) is 17.2 Å². The predicted octanol–water partition coefficient (Wildman–Crippen LogP) is 4.08. The standard InChI is InChI=1S/C15H14ClFO3/c1-18-13-5-3-4-12(17)11(13)9-20-14-7-6-10(16)8-15(14)19-2/h3-8H,9H2,1-2H3. The van der Waals surface area contributed by atoms with Crippen molar-refractivity contribution in [3.63, 3.8) is 0 Å². The van der Waals surface area contributed by atoms with Gasteiger partial charge < -0.3 is 14.2 Å². The van der Waals surface area contributed by atoms with E-state index in [-0.39, 0.29) is 12.4 Å². The quantitative estimate of drug-likeness (QED) is 0.832. The minimum Gasteiger partial charge on any atom is -0.496 e. The second-order valence-corrected chi connectivity index (χ2v) is 4.44. The van der Waals surface area contributed by atoms with Crippen LogP contribution in [0.3, 0.4) is 0 Å². The molecule has 2 rings (SSSR count). The van der Waals surface area contributed by atoms with Crippen LogP contribution in [0.2, 0.25) is 5.02 Å². The maximum absolute atomic E-state index is 13.8. The van der Waals surface area contributed by atoms with Gasteiger partial charge in [0.2, 0.25) is 0 Å². The van der Waals surface area contributed by atoms with Crippen molar-refractivity contribution < 1.29 is 18.6 Å². The largest absolute Gasteiger partial charge is 0.496 e. The van der Waals surface area contributed by atoms with Crippen LogP contribution in [0.25, 0.3) is 0 Å². The predicted molar refractivity (Wildman–Crippen MR) is 75.3 cm³/mol. The second-order valence-electron chi connectivity index (χ2n) is 4.00. The number of halogens is 2. The first-order chi connectivity index (χ1) is 9.65. The van der Waals surface area contributed by atoms with Crippen LogP contribution in [0.15, 0.2) is 36.4 Å². The van der Waals surface area contributed by atoms with Crippen molar-refractivity contribution in [3.8, 4) is 17.2 Å². The molecule has 0 spiro atoms. The number of hydrogen-bond donors (Lipinski definition) is 0. The fraction of sp³-hybridized carbons (Fsp3) is 0.200. The van der Waals surface area contributed by atoms with E-state index in [9.17, 15) is 4.39 Å². The molecule has 0 unspecified atom stereocenters. The molecule has 20 heavy (non-hydrogen) atoms. The molecule has 0 saturated heterocycles. The van der Waals surface area contributed by atoms with Gasteiger partial charge in [-0.2, -0.15) is 0 Å². The number of hydrogen-bond acceptors (Lipinski definition) is 3. The topological polar surface area (TPSA) is 27.7 Å². The molecule has 0 N–H and O–H groups in total. The highest BCUT2D eigenvalue weighted by atomic mass is 35.5. The Kier molecular flexibility index (Phi) is 4.69. The Morgan fingerprint density at radius 3 is 2.45 bits per heavy atom. The van der Waals surface area contributed by atoms with Crippen molar-refractivity contribution in [1.29, 1.82) is 0 Å². The molecule has 0 amide bonds. The van der Waals surface area contributed by atoms with Gasteiger partial charge in [-0.1, -0.05) is 17.7 Å². The normalized spacial score (nSPS) is 10.2. The van der Waals surface area contributed by atoms with E-state index < -0.39 is 0 Å². The average Bonchev–Trinajstić information content (AvgIpc) is 2.46. The molecule has 0 aliphatic rings. The fourth-order valence-corrected chi connectivity index (χ4v) is 1.94. The molecule has 0 heterocycles. The van der Waals surface area contributed by atoms with Gasteiger partial charge in [-0.15, -0.1) is 0 Å². The summed E-state index contributed by atoms with van der Waals surface area (Å²) in [4.78, 5) is 0. The molecule has 2 aromatic carbocycles. The highest BCUT2D eigenvalue weighted by molar-refractivity contribution is 6.30. The van der Waals surface area contributed by atoms with Gasteiger partial charge >= 0.3 is 0 Å². The lowest BCUT2D eigenvalue weighted by molar-refractivity contribution is 0.272. The van der Waals surface area contributed by atoms with Crippen molar-refractivity contribution in [2.45, 2.75) is 6.61 Å². The molecule has 5 heteroatoms. The van der Waals surface area contributed by atoms with Gasteiger partial charge in [0.25, 0.3) is 0 Å². The molecule has 2 aromatic rings. The lowest BCUT2D eigenvalue weighted by atomic mass is 10.2. The molecule has 0 bridgehead atoms. The molecule has 106 valence electrons. The molecule has 0 aliphatic carbocycles. The van der Waals surface area contributed by atoms with Gasteiger partial charge in [0.05, 0.1) is 19.8 Å². The monoisotopic (exact) mass is 296 g/mol. The summed E-state index contributed by atoms with van der Waals surface area (Å²) in [6, 6.07) is 9.61. The summed E-state index contributed by atoms with van der Waals surface area (Å²) < 4.78 is 29.6. The highest BCUT2D eigenvalue weighted by Crippen LogP contribution is 2.31. The van der Waals surface area contributed by atoms with Crippen LogP contribution in [-0.2, 0) is 6.61 Å². The second kappa shape index (κ2) is 6.48. The van der Waals surface area contributed by atoms with Crippen molar-refractivity contribution in [3.05, 3.63) is 52.8 Å². The smallest absolute Gasteiger partial charge is 0.162 e. The number of rotatable bonds is 5. The first-order valence-corrected chi connectivity index (χ1v) is 6.31. The lowest BCUT2D eigenvalue weighted by Crippen LogP contribution is -2.02.